The van der Waals surface area contributed by atoms with Crippen LogP contribution >= 0.6 is 0 Å². The van der Waals surface area contributed by atoms with E-state index in [-0.39, 0.29) is 29.0 Å². The molecule has 0 aromatic rings. The van der Waals surface area contributed by atoms with Gasteiger partial charge in [-0.2, -0.15) is 0 Å². The highest BCUT2D eigenvalue weighted by molar-refractivity contribution is 5.86. The van der Waals surface area contributed by atoms with E-state index in [1.807, 2.05) is 0 Å². The third-order valence-electron chi connectivity index (χ3n) is 5.91. The molecule has 0 aliphatic heterocycles. The van der Waals surface area contributed by atoms with Crippen LogP contribution in [0.2, 0.25) is 0 Å². The second kappa shape index (κ2) is 5.69. The van der Waals surface area contributed by atoms with E-state index in [9.17, 15) is 4.79 Å². The summed E-state index contributed by atoms with van der Waals surface area (Å²) in [6.45, 7) is 1.45. The Hall–Kier alpha value is 0.0700. The van der Waals surface area contributed by atoms with Crippen LogP contribution in [0.15, 0.2) is 0 Å². The maximum Gasteiger partial charge on any atom is 0.192 e. The summed E-state index contributed by atoms with van der Waals surface area (Å²) in [7, 11) is 4.13. The molecule has 4 heteroatoms. The zero-order chi connectivity index (χ0) is 13.7. The molecule has 4 saturated carbocycles. The summed E-state index contributed by atoms with van der Waals surface area (Å²) in [5.74, 6) is 3.00. The van der Waals surface area contributed by atoms with E-state index in [0.717, 1.165) is 37.0 Å². The quantitative estimate of drug-likeness (QED) is 0.638. The van der Waals surface area contributed by atoms with Gasteiger partial charge in [0.1, 0.15) is 13.1 Å². The van der Waals surface area contributed by atoms with Crippen LogP contribution in [-0.4, -0.2) is 49.2 Å². The first-order valence-corrected chi connectivity index (χ1v) is 7.89. The lowest BCUT2D eigenvalue weighted by Crippen LogP contribution is -3.00. The summed E-state index contributed by atoms with van der Waals surface area (Å²) >= 11 is 0. The first-order chi connectivity index (χ1) is 8.92. The molecule has 0 aromatic carbocycles. The van der Waals surface area contributed by atoms with Crippen molar-refractivity contribution >= 4 is 5.78 Å². The Balaban J connectivity index is 0.00000147. The van der Waals surface area contributed by atoms with Gasteiger partial charge in [-0.15, -0.1) is 0 Å². The fourth-order valence-corrected chi connectivity index (χ4v) is 5.36. The summed E-state index contributed by atoms with van der Waals surface area (Å²) < 4.78 is 0.636. The summed E-state index contributed by atoms with van der Waals surface area (Å²) in [4.78, 5) is 12.9. The molecular formula is C16H28BrNO2. The Labute approximate surface area is 133 Å². The number of carbonyl (C=O) groups excluding carboxylic acids is 1. The van der Waals surface area contributed by atoms with Crippen LogP contribution in [-0.2, 0) is 4.79 Å². The lowest BCUT2D eigenvalue weighted by atomic mass is 9.48. The predicted octanol–water partition coefficient (Wildman–Crippen LogP) is -1.16. The molecule has 20 heavy (non-hydrogen) atoms. The molecule has 1 N–H and O–H groups in total. The van der Waals surface area contributed by atoms with Crippen molar-refractivity contribution in [1.29, 1.82) is 0 Å². The van der Waals surface area contributed by atoms with Crippen LogP contribution in [0.4, 0.5) is 0 Å². The molecule has 0 atom stereocenters. The maximum absolute atomic E-state index is 12.9. The van der Waals surface area contributed by atoms with Crippen molar-refractivity contribution in [3.63, 3.8) is 0 Å². The highest BCUT2D eigenvalue weighted by Gasteiger charge is 2.55. The second-order valence-corrected chi connectivity index (χ2v) is 8.16. The van der Waals surface area contributed by atoms with Crippen LogP contribution in [0, 0.1) is 23.2 Å². The average molecular weight is 346 g/mol. The largest absolute Gasteiger partial charge is 1.00 e. The number of halogens is 1. The lowest BCUT2D eigenvalue weighted by molar-refractivity contribution is -0.882. The summed E-state index contributed by atoms with van der Waals surface area (Å²) in [6.07, 6.45) is 7.66. The summed E-state index contributed by atoms with van der Waals surface area (Å²) in [5, 5.41) is 9.12. The molecule has 4 rings (SSSR count). The first-order valence-electron chi connectivity index (χ1n) is 7.89. The molecule has 0 unspecified atom stereocenters. The van der Waals surface area contributed by atoms with Gasteiger partial charge in [-0.3, -0.25) is 4.79 Å². The van der Waals surface area contributed by atoms with Crippen LogP contribution in [0.1, 0.15) is 38.5 Å². The number of carbonyl (C=O) groups is 1. The average Bonchev–Trinajstić information content (AvgIpc) is 2.25. The third kappa shape index (κ3) is 2.97. The number of rotatable bonds is 5. The summed E-state index contributed by atoms with van der Waals surface area (Å²) in [6, 6.07) is 0. The van der Waals surface area contributed by atoms with Crippen molar-refractivity contribution in [2.24, 2.45) is 23.2 Å². The topological polar surface area (TPSA) is 37.3 Å². The third-order valence-corrected chi connectivity index (χ3v) is 5.91. The molecular weight excluding hydrogens is 318 g/mol. The number of hydrogen-bond acceptors (Lipinski definition) is 2. The zero-order valence-electron chi connectivity index (χ0n) is 12.8. The Morgan fingerprint density at radius 1 is 1.10 bits per heavy atom. The maximum atomic E-state index is 12.9. The van der Waals surface area contributed by atoms with Crippen LogP contribution in [0.5, 0.6) is 0 Å². The number of aliphatic hydroxyl groups is 1. The van der Waals surface area contributed by atoms with Gasteiger partial charge in [0.25, 0.3) is 0 Å². The van der Waals surface area contributed by atoms with Gasteiger partial charge in [-0.25, -0.2) is 0 Å². The fourth-order valence-electron chi connectivity index (χ4n) is 5.36. The van der Waals surface area contributed by atoms with E-state index in [1.54, 1.807) is 0 Å². The summed E-state index contributed by atoms with van der Waals surface area (Å²) in [5.41, 5.74) is 0.0275. The molecule has 0 aromatic heterocycles. The molecule has 0 amide bonds. The van der Waals surface area contributed by atoms with E-state index in [0.29, 0.717) is 23.4 Å². The van der Waals surface area contributed by atoms with Crippen molar-refractivity contribution in [1.82, 2.24) is 0 Å². The van der Waals surface area contributed by atoms with Crippen molar-refractivity contribution in [3.8, 4) is 0 Å². The van der Waals surface area contributed by atoms with Gasteiger partial charge < -0.3 is 26.6 Å². The number of Topliss-reactive ketones (excluding diaryl/α,β-unsaturated/α-hetero) is 1. The molecule has 4 aliphatic rings. The van der Waals surface area contributed by atoms with Crippen LogP contribution in [0.25, 0.3) is 0 Å². The van der Waals surface area contributed by atoms with Crippen molar-refractivity contribution in [3.05, 3.63) is 0 Å². The smallest absolute Gasteiger partial charge is 0.192 e. The van der Waals surface area contributed by atoms with E-state index in [2.05, 4.69) is 14.1 Å². The van der Waals surface area contributed by atoms with Gasteiger partial charge in [0.15, 0.2) is 5.78 Å². The standard InChI is InChI=1S/C16H28NO2.BrH/c1-17(2,3-4-18)11-15(19)16-8-12-5-13(9-16)7-14(6-12)10-16;/h12-14,18H,3-11H2,1-2H3;1H/q+1;/p-1. The van der Waals surface area contributed by atoms with Gasteiger partial charge >= 0.3 is 0 Å². The van der Waals surface area contributed by atoms with Gasteiger partial charge in [0.2, 0.25) is 0 Å². The molecule has 4 bridgehead atoms. The number of aliphatic hydroxyl groups excluding tert-OH is 1. The highest BCUT2D eigenvalue weighted by atomic mass is 79.9. The normalized spacial score (nSPS) is 38.6. The monoisotopic (exact) mass is 345 g/mol. The molecule has 0 spiro atoms. The molecule has 0 saturated heterocycles. The number of likely N-dealkylation sites (N-methyl/N-ethyl adjacent to an activating group) is 1. The van der Waals surface area contributed by atoms with Crippen LogP contribution < -0.4 is 17.0 Å². The number of hydrogen-bond donors (Lipinski definition) is 1. The molecule has 0 heterocycles. The molecule has 3 nitrogen and oxygen atoms in total. The first kappa shape index (κ1) is 16.4. The Kier molecular flexibility index (Phi) is 4.68. The van der Waals surface area contributed by atoms with Crippen molar-refractivity contribution in [2.75, 3.05) is 33.8 Å². The molecule has 116 valence electrons. The fraction of sp³-hybridized carbons (Fsp3) is 0.938. The minimum absolute atomic E-state index is 0. The Morgan fingerprint density at radius 2 is 1.55 bits per heavy atom. The molecule has 4 aliphatic carbocycles. The van der Waals surface area contributed by atoms with E-state index in [1.165, 1.54) is 19.3 Å². The molecule has 0 radical (unpaired) electrons. The minimum Gasteiger partial charge on any atom is -1.00 e. The predicted molar refractivity (Wildman–Crippen MR) is 74.5 cm³/mol. The number of quaternary nitrogens is 1. The number of nitrogens with zero attached hydrogens (tertiary/aromatic N) is 1. The molecule has 4 fully saturated rings. The second-order valence-electron chi connectivity index (χ2n) is 8.16. The SMILES string of the molecule is C[N+](C)(CCO)CC(=O)C12CC3CC(CC(C3)C1)C2.[Br-]. The Morgan fingerprint density at radius 3 is 1.95 bits per heavy atom. The zero-order valence-corrected chi connectivity index (χ0v) is 14.4. The minimum atomic E-state index is 0. The van der Waals surface area contributed by atoms with E-state index < -0.39 is 0 Å². The van der Waals surface area contributed by atoms with Gasteiger partial charge in [0, 0.05) is 5.41 Å². The van der Waals surface area contributed by atoms with Crippen molar-refractivity contribution in [2.45, 2.75) is 38.5 Å². The van der Waals surface area contributed by atoms with E-state index >= 15 is 0 Å². The van der Waals surface area contributed by atoms with Gasteiger partial charge in [-0.05, 0) is 56.3 Å². The van der Waals surface area contributed by atoms with E-state index in [4.69, 9.17) is 5.11 Å². The lowest BCUT2D eigenvalue weighted by Gasteiger charge is -2.56. The van der Waals surface area contributed by atoms with Crippen molar-refractivity contribution < 1.29 is 31.4 Å². The van der Waals surface area contributed by atoms with Crippen LogP contribution in [0.3, 0.4) is 0 Å². The Bertz CT molecular complexity index is 345. The van der Waals surface area contributed by atoms with Gasteiger partial charge in [-0.1, -0.05) is 0 Å². The highest BCUT2D eigenvalue weighted by Crippen LogP contribution is 2.60. The van der Waals surface area contributed by atoms with Gasteiger partial charge in [0.05, 0.1) is 20.7 Å². The number of ketones is 1.